The molecule has 0 unspecified atom stereocenters. The lowest BCUT2D eigenvalue weighted by Crippen LogP contribution is -1.95. The van der Waals surface area contributed by atoms with Gasteiger partial charge in [0.2, 0.25) is 0 Å². The van der Waals surface area contributed by atoms with E-state index >= 15 is 0 Å². The molecule has 0 saturated heterocycles. The molecule has 0 N–H and O–H groups in total. The number of rotatable bonds is 3. The molecule has 0 bridgehead atoms. The average molecular weight is 339 g/mol. The first-order valence-corrected chi connectivity index (χ1v) is 7.44. The first-order chi connectivity index (χ1) is 10.6. The molecule has 0 fully saturated rings. The number of hydrogen-bond donors (Lipinski definition) is 0. The standard InChI is InChI=1S/C17H13Cl2FO2/c1-21-13-7-11-12(8-14(13)22-2)17(19)15(16(11)18)9-3-5-10(20)6-4-9/h3-8,16H,1-2H3/t16-/m1/s1. The number of alkyl halides is 1. The number of allylic oxidation sites excluding steroid dienone is 1. The van der Waals surface area contributed by atoms with E-state index in [1.165, 1.54) is 12.1 Å². The van der Waals surface area contributed by atoms with Crippen LogP contribution in [-0.4, -0.2) is 14.2 Å². The molecule has 22 heavy (non-hydrogen) atoms. The third-order valence-electron chi connectivity index (χ3n) is 3.71. The van der Waals surface area contributed by atoms with Crippen molar-refractivity contribution >= 4 is 33.8 Å². The van der Waals surface area contributed by atoms with Crippen LogP contribution in [0.2, 0.25) is 0 Å². The molecule has 2 nitrogen and oxygen atoms in total. The highest BCUT2D eigenvalue weighted by atomic mass is 35.5. The van der Waals surface area contributed by atoms with Gasteiger partial charge in [-0.25, -0.2) is 4.39 Å². The highest BCUT2D eigenvalue weighted by Crippen LogP contribution is 2.53. The topological polar surface area (TPSA) is 18.5 Å². The summed E-state index contributed by atoms with van der Waals surface area (Å²) in [6, 6.07) is 9.75. The van der Waals surface area contributed by atoms with Crippen LogP contribution in [0.25, 0.3) is 10.6 Å². The molecule has 5 heteroatoms. The Balaban J connectivity index is 2.14. The van der Waals surface area contributed by atoms with Gasteiger partial charge < -0.3 is 9.47 Å². The lowest BCUT2D eigenvalue weighted by molar-refractivity contribution is 0.354. The van der Waals surface area contributed by atoms with E-state index < -0.39 is 5.38 Å². The number of hydrogen-bond acceptors (Lipinski definition) is 2. The fourth-order valence-corrected chi connectivity index (χ4v) is 3.46. The second-order valence-electron chi connectivity index (χ2n) is 4.89. The third-order valence-corrected chi connectivity index (χ3v) is 4.57. The number of halogens is 3. The van der Waals surface area contributed by atoms with Gasteiger partial charge in [-0.05, 0) is 35.4 Å². The zero-order valence-corrected chi connectivity index (χ0v) is 13.5. The van der Waals surface area contributed by atoms with Crippen molar-refractivity contribution in [3.05, 3.63) is 58.9 Å². The van der Waals surface area contributed by atoms with Gasteiger partial charge in [0.15, 0.2) is 11.5 Å². The highest BCUT2D eigenvalue weighted by Gasteiger charge is 2.31. The van der Waals surface area contributed by atoms with Crippen molar-refractivity contribution in [2.24, 2.45) is 0 Å². The molecule has 1 atom stereocenters. The summed E-state index contributed by atoms with van der Waals surface area (Å²) in [5.74, 6) is 0.880. The highest BCUT2D eigenvalue weighted by molar-refractivity contribution is 6.55. The molecule has 1 aliphatic carbocycles. The summed E-state index contributed by atoms with van der Waals surface area (Å²) in [5.41, 5.74) is 3.21. The van der Waals surface area contributed by atoms with Crippen LogP contribution in [0.3, 0.4) is 0 Å². The van der Waals surface area contributed by atoms with Crippen LogP contribution in [0.15, 0.2) is 36.4 Å². The maximum Gasteiger partial charge on any atom is 0.161 e. The minimum absolute atomic E-state index is 0.301. The Bertz CT molecular complexity index is 754. The van der Waals surface area contributed by atoms with Gasteiger partial charge in [-0.1, -0.05) is 23.7 Å². The van der Waals surface area contributed by atoms with E-state index in [2.05, 4.69) is 0 Å². The Kier molecular flexibility index (Phi) is 4.02. The monoisotopic (exact) mass is 338 g/mol. The smallest absolute Gasteiger partial charge is 0.161 e. The Morgan fingerprint density at radius 1 is 1.00 bits per heavy atom. The van der Waals surface area contributed by atoms with Crippen LogP contribution in [0.4, 0.5) is 4.39 Å². The van der Waals surface area contributed by atoms with Crippen molar-refractivity contribution < 1.29 is 13.9 Å². The van der Waals surface area contributed by atoms with Crippen molar-refractivity contribution in [1.82, 2.24) is 0 Å². The molecule has 0 saturated carbocycles. The van der Waals surface area contributed by atoms with Crippen LogP contribution in [0.5, 0.6) is 11.5 Å². The Morgan fingerprint density at radius 2 is 1.59 bits per heavy atom. The molecule has 0 amide bonds. The summed E-state index contributed by atoms with van der Waals surface area (Å²) in [6.07, 6.45) is 0. The van der Waals surface area contributed by atoms with Crippen molar-refractivity contribution in [3.8, 4) is 11.5 Å². The molecule has 0 aliphatic heterocycles. The minimum atomic E-state index is -0.423. The molecule has 3 rings (SSSR count). The Hall–Kier alpha value is -1.71. The van der Waals surface area contributed by atoms with Crippen LogP contribution in [-0.2, 0) is 0 Å². The molecule has 0 radical (unpaired) electrons. The summed E-state index contributed by atoms with van der Waals surface area (Å²) in [5, 5.41) is 0.121. The summed E-state index contributed by atoms with van der Waals surface area (Å²) in [7, 11) is 3.13. The number of benzene rings is 2. The second-order valence-corrected chi connectivity index (χ2v) is 5.71. The summed E-state index contributed by atoms with van der Waals surface area (Å²) >= 11 is 13.1. The summed E-state index contributed by atoms with van der Waals surface area (Å²) in [4.78, 5) is 0. The van der Waals surface area contributed by atoms with E-state index in [1.807, 2.05) is 12.1 Å². The van der Waals surface area contributed by atoms with E-state index in [0.717, 1.165) is 22.3 Å². The lowest BCUT2D eigenvalue weighted by Gasteiger charge is -2.12. The SMILES string of the molecule is COc1cc2c(cc1OC)[C@@H](Cl)C(c1ccc(F)cc1)=C2Cl. The van der Waals surface area contributed by atoms with Crippen LogP contribution < -0.4 is 9.47 Å². The fraction of sp³-hybridized carbons (Fsp3) is 0.176. The normalized spacial score (nSPS) is 16.7. The van der Waals surface area contributed by atoms with Gasteiger partial charge in [-0.15, -0.1) is 11.6 Å². The van der Waals surface area contributed by atoms with Gasteiger partial charge in [0.05, 0.1) is 24.6 Å². The molecular formula is C17H13Cl2FO2. The maximum atomic E-state index is 13.1. The number of ether oxygens (including phenoxy) is 2. The number of methoxy groups -OCH3 is 2. The third kappa shape index (κ3) is 2.34. The predicted molar refractivity (Wildman–Crippen MR) is 87.2 cm³/mol. The van der Waals surface area contributed by atoms with Crippen molar-refractivity contribution in [2.75, 3.05) is 14.2 Å². The fourth-order valence-electron chi connectivity index (χ4n) is 2.61. The Morgan fingerprint density at radius 3 is 2.18 bits per heavy atom. The van der Waals surface area contributed by atoms with Crippen molar-refractivity contribution in [3.63, 3.8) is 0 Å². The molecule has 0 heterocycles. The predicted octanol–water partition coefficient (Wildman–Crippen LogP) is 5.24. The van der Waals surface area contributed by atoms with Crippen LogP contribution >= 0.6 is 23.2 Å². The average Bonchev–Trinajstić information content (AvgIpc) is 2.78. The van der Waals surface area contributed by atoms with Gasteiger partial charge in [0, 0.05) is 11.1 Å². The van der Waals surface area contributed by atoms with Gasteiger partial charge in [0.25, 0.3) is 0 Å². The summed E-state index contributed by atoms with van der Waals surface area (Å²) in [6.45, 7) is 0. The maximum absolute atomic E-state index is 13.1. The number of fused-ring (bicyclic) bond motifs is 1. The van der Waals surface area contributed by atoms with E-state index in [0.29, 0.717) is 16.5 Å². The first-order valence-electron chi connectivity index (χ1n) is 6.62. The molecular weight excluding hydrogens is 326 g/mol. The first kappa shape index (κ1) is 15.2. The van der Waals surface area contributed by atoms with Gasteiger partial charge in [-0.3, -0.25) is 0 Å². The molecule has 2 aromatic rings. The molecule has 1 aliphatic rings. The zero-order chi connectivity index (χ0) is 15.9. The van der Waals surface area contributed by atoms with E-state index in [-0.39, 0.29) is 5.82 Å². The van der Waals surface area contributed by atoms with Crippen molar-refractivity contribution in [2.45, 2.75) is 5.38 Å². The van der Waals surface area contributed by atoms with Crippen LogP contribution in [0.1, 0.15) is 22.1 Å². The van der Waals surface area contributed by atoms with E-state index in [4.69, 9.17) is 32.7 Å². The molecule has 0 spiro atoms. The second kappa shape index (κ2) is 5.82. The van der Waals surface area contributed by atoms with E-state index in [1.54, 1.807) is 26.4 Å². The minimum Gasteiger partial charge on any atom is -0.493 e. The molecule has 0 aromatic heterocycles. The Labute approximate surface area is 138 Å². The van der Waals surface area contributed by atoms with Gasteiger partial charge >= 0.3 is 0 Å². The quantitative estimate of drug-likeness (QED) is 0.712. The largest absolute Gasteiger partial charge is 0.493 e. The van der Waals surface area contributed by atoms with Crippen molar-refractivity contribution in [1.29, 1.82) is 0 Å². The van der Waals surface area contributed by atoms with E-state index in [9.17, 15) is 4.39 Å². The summed E-state index contributed by atoms with van der Waals surface area (Å²) < 4.78 is 23.7. The van der Waals surface area contributed by atoms with Gasteiger partial charge in [0.1, 0.15) is 5.82 Å². The van der Waals surface area contributed by atoms with Gasteiger partial charge in [-0.2, -0.15) is 0 Å². The zero-order valence-electron chi connectivity index (χ0n) is 12.0. The van der Waals surface area contributed by atoms with Crippen LogP contribution in [0, 0.1) is 5.82 Å². The molecule has 114 valence electrons. The molecule has 2 aromatic carbocycles. The lowest BCUT2D eigenvalue weighted by atomic mass is 10.0.